The second-order valence-electron chi connectivity index (χ2n) is 4.71. The first-order valence-electron chi connectivity index (χ1n) is 7.49. The van der Waals surface area contributed by atoms with Crippen LogP contribution >= 0.6 is 13.5 Å². The lowest BCUT2D eigenvalue weighted by Gasteiger charge is -2.06. The van der Waals surface area contributed by atoms with E-state index in [4.69, 9.17) is 0 Å². The molecule has 1 nitrogen and oxygen atoms in total. The largest absolute Gasteiger partial charge is 0.309 e. The SMILES string of the molecule is CC.S.c1ccc(-n2c3ccccc3c3ccccc32)cc1. The van der Waals surface area contributed by atoms with E-state index >= 15 is 0 Å². The summed E-state index contributed by atoms with van der Waals surface area (Å²) in [4.78, 5) is 0. The topological polar surface area (TPSA) is 4.93 Å². The van der Waals surface area contributed by atoms with Gasteiger partial charge in [-0.1, -0.05) is 68.4 Å². The van der Waals surface area contributed by atoms with Gasteiger partial charge in [-0.2, -0.15) is 13.5 Å². The molecule has 0 saturated heterocycles. The summed E-state index contributed by atoms with van der Waals surface area (Å²) in [6.07, 6.45) is 0. The van der Waals surface area contributed by atoms with Crippen LogP contribution in [0.15, 0.2) is 78.9 Å². The quantitative estimate of drug-likeness (QED) is 0.411. The van der Waals surface area contributed by atoms with Crippen molar-refractivity contribution in [2.24, 2.45) is 0 Å². The van der Waals surface area contributed by atoms with Crippen LogP contribution in [0.25, 0.3) is 27.5 Å². The van der Waals surface area contributed by atoms with Crippen molar-refractivity contribution in [2.45, 2.75) is 13.8 Å². The summed E-state index contributed by atoms with van der Waals surface area (Å²) in [6.45, 7) is 4.00. The lowest BCUT2D eigenvalue weighted by molar-refractivity contribution is 1.18. The minimum atomic E-state index is 0. The van der Waals surface area contributed by atoms with Crippen molar-refractivity contribution in [2.75, 3.05) is 0 Å². The maximum atomic E-state index is 2.32. The molecule has 22 heavy (non-hydrogen) atoms. The molecule has 0 aliphatic rings. The highest BCUT2D eigenvalue weighted by Crippen LogP contribution is 2.31. The summed E-state index contributed by atoms with van der Waals surface area (Å²) in [5.41, 5.74) is 3.73. The predicted molar refractivity (Wildman–Crippen MR) is 103 cm³/mol. The van der Waals surface area contributed by atoms with Gasteiger partial charge in [0, 0.05) is 16.5 Å². The van der Waals surface area contributed by atoms with Crippen molar-refractivity contribution in [1.82, 2.24) is 4.57 Å². The maximum absolute atomic E-state index is 2.32. The number of hydrogen-bond donors (Lipinski definition) is 0. The fraction of sp³-hybridized carbons (Fsp3) is 0.100. The van der Waals surface area contributed by atoms with Gasteiger partial charge < -0.3 is 4.57 Å². The molecule has 112 valence electrons. The zero-order chi connectivity index (χ0) is 14.7. The van der Waals surface area contributed by atoms with Gasteiger partial charge in [-0.05, 0) is 24.3 Å². The van der Waals surface area contributed by atoms with E-state index in [1.165, 1.54) is 27.5 Å². The molecule has 0 atom stereocenters. The number of para-hydroxylation sites is 3. The molecule has 0 spiro atoms. The van der Waals surface area contributed by atoms with Gasteiger partial charge >= 0.3 is 0 Å². The highest BCUT2D eigenvalue weighted by molar-refractivity contribution is 7.59. The molecule has 0 N–H and O–H groups in total. The van der Waals surface area contributed by atoms with Crippen LogP contribution < -0.4 is 0 Å². The smallest absolute Gasteiger partial charge is 0.0541 e. The fourth-order valence-electron chi connectivity index (χ4n) is 2.78. The van der Waals surface area contributed by atoms with Gasteiger partial charge in [0.05, 0.1) is 11.0 Å². The lowest BCUT2D eigenvalue weighted by atomic mass is 10.2. The van der Waals surface area contributed by atoms with Gasteiger partial charge in [0.25, 0.3) is 0 Å². The van der Waals surface area contributed by atoms with Crippen LogP contribution in [0.4, 0.5) is 0 Å². The minimum Gasteiger partial charge on any atom is -0.309 e. The monoisotopic (exact) mass is 307 g/mol. The van der Waals surface area contributed by atoms with Gasteiger partial charge in [0.15, 0.2) is 0 Å². The van der Waals surface area contributed by atoms with E-state index in [0.717, 1.165) is 0 Å². The standard InChI is InChI=1S/C18H13N.C2H6.H2S/c1-2-8-14(9-3-1)19-17-12-6-4-10-15(17)16-11-5-7-13-18(16)19;1-2;/h1-13H;1-2H3;1H2. The molecule has 0 fully saturated rings. The molecule has 0 radical (unpaired) electrons. The van der Waals surface area contributed by atoms with Crippen molar-refractivity contribution < 1.29 is 0 Å². The summed E-state index contributed by atoms with van der Waals surface area (Å²) < 4.78 is 2.32. The third kappa shape index (κ3) is 2.62. The van der Waals surface area contributed by atoms with Gasteiger partial charge in [-0.25, -0.2) is 0 Å². The molecule has 2 heteroatoms. The van der Waals surface area contributed by atoms with Crippen LogP contribution in [0.2, 0.25) is 0 Å². The van der Waals surface area contributed by atoms with E-state index < -0.39 is 0 Å². The number of rotatable bonds is 1. The van der Waals surface area contributed by atoms with Crippen LogP contribution in [-0.2, 0) is 0 Å². The molecule has 1 aromatic heterocycles. The van der Waals surface area contributed by atoms with Crippen LogP contribution in [0.5, 0.6) is 0 Å². The number of fused-ring (bicyclic) bond motifs is 3. The third-order valence-corrected chi connectivity index (χ3v) is 3.59. The molecular weight excluding hydrogens is 286 g/mol. The molecule has 0 unspecified atom stereocenters. The Morgan fingerprint density at radius 3 is 1.45 bits per heavy atom. The highest BCUT2D eigenvalue weighted by Gasteiger charge is 2.10. The molecule has 0 aliphatic heterocycles. The molecule has 0 bridgehead atoms. The zero-order valence-corrected chi connectivity index (χ0v) is 14.0. The zero-order valence-electron chi connectivity index (χ0n) is 13.0. The molecule has 4 rings (SSSR count). The van der Waals surface area contributed by atoms with Crippen LogP contribution in [0, 0.1) is 0 Å². The number of nitrogens with zero attached hydrogens (tertiary/aromatic N) is 1. The molecule has 0 aliphatic carbocycles. The van der Waals surface area contributed by atoms with Crippen LogP contribution in [0.1, 0.15) is 13.8 Å². The van der Waals surface area contributed by atoms with Gasteiger partial charge in [0.1, 0.15) is 0 Å². The van der Waals surface area contributed by atoms with Crippen LogP contribution in [0.3, 0.4) is 0 Å². The summed E-state index contributed by atoms with van der Waals surface area (Å²) in [5.74, 6) is 0. The first kappa shape index (κ1) is 16.2. The molecule has 0 saturated carbocycles. The second-order valence-corrected chi connectivity index (χ2v) is 4.71. The first-order chi connectivity index (χ1) is 10.4. The Bertz CT molecular complexity index is 809. The Morgan fingerprint density at radius 1 is 0.545 bits per heavy atom. The number of benzene rings is 3. The van der Waals surface area contributed by atoms with Crippen molar-refractivity contribution in [3.05, 3.63) is 78.9 Å². The maximum Gasteiger partial charge on any atom is 0.0541 e. The Balaban J connectivity index is 0.000000566. The van der Waals surface area contributed by atoms with E-state index in [1.807, 2.05) is 13.8 Å². The summed E-state index contributed by atoms with van der Waals surface area (Å²) >= 11 is 0. The summed E-state index contributed by atoms with van der Waals surface area (Å²) in [7, 11) is 0. The van der Waals surface area contributed by atoms with Crippen molar-refractivity contribution in [1.29, 1.82) is 0 Å². The molecule has 4 aromatic rings. The third-order valence-electron chi connectivity index (χ3n) is 3.59. The van der Waals surface area contributed by atoms with Gasteiger partial charge in [-0.3, -0.25) is 0 Å². The Kier molecular flexibility index (Phi) is 5.29. The van der Waals surface area contributed by atoms with Gasteiger partial charge in [0.2, 0.25) is 0 Å². The van der Waals surface area contributed by atoms with E-state index in [9.17, 15) is 0 Å². The molecule has 0 amide bonds. The molecular formula is C20H21NS. The van der Waals surface area contributed by atoms with Crippen LogP contribution in [-0.4, -0.2) is 4.57 Å². The van der Waals surface area contributed by atoms with E-state index in [1.54, 1.807) is 0 Å². The second kappa shape index (κ2) is 7.19. The van der Waals surface area contributed by atoms with Gasteiger partial charge in [-0.15, -0.1) is 0 Å². The van der Waals surface area contributed by atoms with E-state index in [2.05, 4.69) is 83.4 Å². The fourth-order valence-corrected chi connectivity index (χ4v) is 2.78. The number of hydrogen-bond acceptors (Lipinski definition) is 0. The van der Waals surface area contributed by atoms with Crippen molar-refractivity contribution in [3.8, 4) is 5.69 Å². The number of aromatic nitrogens is 1. The van der Waals surface area contributed by atoms with Crippen molar-refractivity contribution in [3.63, 3.8) is 0 Å². The average Bonchev–Trinajstić information content (AvgIpc) is 2.92. The van der Waals surface area contributed by atoms with E-state index in [0.29, 0.717) is 0 Å². The Morgan fingerprint density at radius 2 is 0.955 bits per heavy atom. The predicted octanol–water partition coefficient (Wildman–Crippen LogP) is 5.92. The lowest BCUT2D eigenvalue weighted by Crippen LogP contribution is -1.92. The Labute approximate surface area is 138 Å². The summed E-state index contributed by atoms with van der Waals surface area (Å²) in [5, 5.41) is 2.61. The average molecular weight is 307 g/mol. The van der Waals surface area contributed by atoms with E-state index in [-0.39, 0.29) is 13.5 Å². The normalized spacial score (nSPS) is 9.91. The highest BCUT2D eigenvalue weighted by atomic mass is 32.1. The molecule has 1 heterocycles. The minimum absolute atomic E-state index is 0. The summed E-state index contributed by atoms with van der Waals surface area (Å²) in [6, 6.07) is 27.7. The molecule has 3 aromatic carbocycles. The van der Waals surface area contributed by atoms with Crippen molar-refractivity contribution >= 4 is 35.3 Å². The first-order valence-corrected chi connectivity index (χ1v) is 7.49. The Hall–Kier alpha value is -2.19.